The maximum atomic E-state index is 12.3. The Bertz CT molecular complexity index is 442. The van der Waals surface area contributed by atoms with E-state index < -0.39 is 0 Å². The molecule has 2 unspecified atom stereocenters. The van der Waals surface area contributed by atoms with E-state index in [0.29, 0.717) is 5.92 Å². The monoisotopic (exact) mass is 275 g/mol. The zero-order valence-corrected chi connectivity index (χ0v) is 12.6. The molecule has 0 aliphatic carbocycles. The molecule has 1 aromatic carbocycles. The van der Waals surface area contributed by atoms with E-state index in [9.17, 15) is 4.79 Å². The van der Waals surface area contributed by atoms with Crippen LogP contribution in [0.2, 0.25) is 0 Å². The number of benzene rings is 1. The van der Waals surface area contributed by atoms with Crippen LogP contribution >= 0.6 is 0 Å². The molecule has 0 bridgehead atoms. The van der Waals surface area contributed by atoms with E-state index in [-0.39, 0.29) is 11.9 Å². The molecule has 2 rings (SSSR count). The van der Waals surface area contributed by atoms with E-state index in [1.807, 2.05) is 43.3 Å². The minimum atomic E-state index is -0.0535. The van der Waals surface area contributed by atoms with Crippen LogP contribution in [-0.2, 0) is 4.79 Å². The fourth-order valence-corrected chi connectivity index (χ4v) is 2.64. The molecule has 0 radical (unpaired) electrons. The molecule has 1 aliphatic heterocycles. The molecule has 4 heteroatoms. The van der Waals surface area contributed by atoms with Crippen LogP contribution in [0.15, 0.2) is 24.3 Å². The van der Waals surface area contributed by atoms with Crippen molar-refractivity contribution < 1.29 is 4.79 Å². The molecule has 0 spiro atoms. The number of hydrogen-bond donors (Lipinski definition) is 2. The highest BCUT2D eigenvalue weighted by atomic mass is 16.2. The zero-order chi connectivity index (χ0) is 14.5. The van der Waals surface area contributed by atoms with Crippen molar-refractivity contribution in [2.24, 2.45) is 5.92 Å². The minimum Gasteiger partial charge on any atom is -0.378 e. The zero-order valence-electron chi connectivity index (χ0n) is 12.6. The van der Waals surface area contributed by atoms with Crippen LogP contribution in [0.4, 0.5) is 11.4 Å². The first-order valence-electron chi connectivity index (χ1n) is 7.41. The summed E-state index contributed by atoms with van der Waals surface area (Å²) in [6.45, 7) is 3.14. The third-order valence-electron chi connectivity index (χ3n) is 4.06. The van der Waals surface area contributed by atoms with E-state index in [1.54, 1.807) is 0 Å². The first-order chi connectivity index (χ1) is 9.60. The van der Waals surface area contributed by atoms with Crippen LogP contribution in [-0.4, -0.2) is 32.6 Å². The lowest BCUT2D eigenvalue weighted by Crippen LogP contribution is -2.46. The average molecular weight is 275 g/mol. The summed E-state index contributed by atoms with van der Waals surface area (Å²) in [6.07, 6.45) is 3.28. The molecule has 0 aromatic heterocycles. The predicted octanol–water partition coefficient (Wildman–Crippen LogP) is 2.47. The highest BCUT2D eigenvalue weighted by Gasteiger charge is 2.25. The number of carbonyl (C=O) groups is 1. The minimum absolute atomic E-state index is 0.0535. The number of piperidine rings is 1. The summed E-state index contributed by atoms with van der Waals surface area (Å²) in [6, 6.07) is 7.88. The Labute approximate surface area is 121 Å². The van der Waals surface area contributed by atoms with Gasteiger partial charge >= 0.3 is 0 Å². The normalized spacial score (nSPS) is 22.4. The summed E-state index contributed by atoms with van der Waals surface area (Å²) in [5.41, 5.74) is 1.99. The second kappa shape index (κ2) is 6.75. The van der Waals surface area contributed by atoms with Crippen LogP contribution in [0.1, 0.15) is 26.2 Å². The molecular weight excluding hydrogens is 250 g/mol. The van der Waals surface area contributed by atoms with Crippen molar-refractivity contribution in [1.29, 1.82) is 0 Å². The molecule has 1 aromatic rings. The number of amides is 1. The summed E-state index contributed by atoms with van der Waals surface area (Å²) in [5.74, 6) is 0.754. The van der Waals surface area contributed by atoms with Gasteiger partial charge in [0.15, 0.2) is 0 Å². The van der Waals surface area contributed by atoms with E-state index in [1.165, 1.54) is 6.42 Å². The fourth-order valence-electron chi connectivity index (χ4n) is 2.64. The summed E-state index contributed by atoms with van der Waals surface area (Å²) in [7, 11) is 4.01. The van der Waals surface area contributed by atoms with Gasteiger partial charge in [0, 0.05) is 25.5 Å². The molecule has 0 saturated carbocycles. The van der Waals surface area contributed by atoms with Gasteiger partial charge in [-0.2, -0.15) is 0 Å². The number of anilines is 2. The smallest absolute Gasteiger partial charge is 0.241 e. The lowest BCUT2D eigenvalue weighted by Gasteiger charge is -2.28. The van der Waals surface area contributed by atoms with Crippen LogP contribution in [0, 0.1) is 5.92 Å². The van der Waals surface area contributed by atoms with Gasteiger partial charge in [0.05, 0.1) is 6.04 Å². The number of rotatable bonds is 4. The number of nitrogens with zero attached hydrogens (tertiary/aromatic N) is 1. The Morgan fingerprint density at radius 1 is 1.35 bits per heavy atom. The Morgan fingerprint density at radius 2 is 2.05 bits per heavy atom. The van der Waals surface area contributed by atoms with Gasteiger partial charge in [0.2, 0.25) is 5.91 Å². The van der Waals surface area contributed by atoms with Crippen molar-refractivity contribution >= 4 is 17.3 Å². The van der Waals surface area contributed by atoms with E-state index in [2.05, 4.69) is 17.6 Å². The first-order valence-corrected chi connectivity index (χ1v) is 7.41. The molecule has 1 saturated heterocycles. The van der Waals surface area contributed by atoms with E-state index in [4.69, 9.17) is 0 Å². The lowest BCUT2D eigenvalue weighted by molar-refractivity contribution is -0.119. The molecule has 1 aliphatic rings. The molecule has 1 heterocycles. The third kappa shape index (κ3) is 3.73. The predicted molar refractivity (Wildman–Crippen MR) is 84.2 cm³/mol. The molecule has 2 atom stereocenters. The van der Waals surface area contributed by atoms with Crippen LogP contribution in [0.3, 0.4) is 0 Å². The largest absolute Gasteiger partial charge is 0.378 e. The highest BCUT2D eigenvalue weighted by Crippen LogP contribution is 2.21. The standard InChI is InChI=1S/C16H25N3O/c1-4-12-9-10-17-15(11-12)16(20)18-13-5-7-14(8-6-13)19(2)3/h5-8,12,15,17H,4,9-11H2,1-3H3,(H,18,20). The number of nitrogens with one attached hydrogen (secondary N) is 2. The van der Waals surface area contributed by atoms with Gasteiger partial charge < -0.3 is 15.5 Å². The van der Waals surface area contributed by atoms with Gasteiger partial charge in [-0.3, -0.25) is 4.79 Å². The highest BCUT2D eigenvalue weighted by molar-refractivity contribution is 5.95. The van der Waals surface area contributed by atoms with Gasteiger partial charge in [0.1, 0.15) is 0 Å². The van der Waals surface area contributed by atoms with Crippen molar-refractivity contribution in [3.63, 3.8) is 0 Å². The summed E-state index contributed by atoms with van der Waals surface area (Å²) >= 11 is 0. The van der Waals surface area contributed by atoms with Crippen molar-refractivity contribution in [3.8, 4) is 0 Å². The average Bonchev–Trinajstić information content (AvgIpc) is 2.47. The van der Waals surface area contributed by atoms with E-state index in [0.717, 1.165) is 30.8 Å². The quantitative estimate of drug-likeness (QED) is 0.887. The van der Waals surface area contributed by atoms with Crippen LogP contribution in [0.25, 0.3) is 0 Å². The maximum absolute atomic E-state index is 12.3. The third-order valence-corrected chi connectivity index (χ3v) is 4.06. The SMILES string of the molecule is CCC1CCNC(C(=O)Nc2ccc(N(C)C)cc2)C1. The van der Waals surface area contributed by atoms with Crippen molar-refractivity contribution in [2.45, 2.75) is 32.2 Å². The maximum Gasteiger partial charge on any atom is 0.241 e. The Hall–Kier alpha value is -1.55. The van der Waals surface area contributed by atoms with Crippen molar-refractivity contribution in [1.82, 2.24) is 5.32 Å². The molecule has 2 N–H and O–H groups in total. The number of hydrogen-bond acceptors (Lipinski definition) is 3. The van der Waals surface area contributed by atoms with Crippen molar-refractivity contribution in [2.75, 3.05) is 30.9 Å². The lowest BCUT2D eigenvalue weighted by atomic mass is 9.90. The Balaban J connectivity index is 1.93. The van der Waals surface area contributed by atoms with Crippen LogP contribution in [0.5, 0.6) is 0 Å². The first kappa shape index (κ1) is 14.9. The van der Waals surface area contributed by atoms with Gasteiger partial charge in [-0.25, -0.2) is 0 Å². The van der Waals surface area contributed by atoms with Crippen molar-refractivity contribution in [3.05, 3.63) is 24.3 Å². The van der Waals surface area contributed by atoms with E-state index >= 15 is 0 Å². The number of carbonyl (C=O) groups excluding carboxylic acids is 1. The van der Waals surface area contributed by atoms with Gasteiger partial charge in [-0.1, -0.05) is 13.3 Å². The summed E-state index contributed by atoms with van der Waals surface area (Å²) < 4.78 is 0. The second-order valence-electron chi connectivity index (χ2n) is 5.74. The fraction of sp³-hybridized carbons (Fsp3) is 0.562. The van der Waals surface area contributed by atoms with Crippen LogP contribution < -0.4 is 15.5 Å². The second-order valence-corrected chi connectivity index (χ2v) is 5.74. The molecular formula is C16H25N3O. The molecule has 110 valence electrons. The Kier molecular flexibility index (Phi) is 5.01. The Morgan fingerprint density at radius 3 is 2.65 bits per heavy atom. The summed E-state index contributed by atoms with van der Waals surface area (Å²) in [4.78, 5) is 14.3. The van der Waals surface area contributed by atoms with Gasteiger partial charge in [-0.15, -0.1) is 0 Å². The molecule has 1 fully saturated rings. The topological polar surface area (TPSA) is 44.4 Å². The van der Waals surface area contributed by atoms with Gasteiger partial charge in [0.25, 0.3) is 0 Å². The molecule has 1 amide bonds. The molecule has 4 nitrogen and oxygen atoms in total. The van der Waals surface area contributed by atoms with Gasteiger partial charge in [-0.05, 0) is 49.6 Å². The molecule has 20 heavy (non-hydrogen) atoms. The summed E-state index contributed by atoms with van der Waals surface area (Å²) in [5, 5.41) is 6.32.